The van der Waals surface area contributed by atoms with Crippen LogP contribution in [0.5, 0.6) is 0 Å². The number of anilines is 1. The molecule has 0 aliphatic heterocycles. The molecule has 1 N–H and O–H groups in total. The minimum Gasteiger partial charge on any atom is -0.354 e. The number of hydrogen-bond donors (Lipinski definition) is 1. The maximum absolute atomic E-state index is 4.30. The van der Waals surface area contributed by atoms with Crippen LogP contribution in [0.3, 0.4) is 0 Å². The fraction of sp³-hybridized carbons (Fsp3) is 0.727. The van der Waals surface area contributed by atoms with Crippen molar-refractivity contribution in [1.29, 1.82) is 0 Å². The molecule has 1 heterocycles. The molecule has 0 bridgehead atoms. The Kier molecular flexibility index (Phi) is 5.18. The molecule has 0 fully saturated rings. The number of hydrogen-bond acceptors (Lipinski definition) is 3. The van der Waals surface area contributed by atoms with Crippen LogP contribution in [-0.4, -0.2) is 41.6 Å². The molecule has 0 atom stereocenters. The highest BCUT2D eigenvalue weighted by atomic mass is 15.2. The van der Waals surface area contributed by atoms with Crippen molar-refractivity contribution < 1.29 is 0 Å². The first-order valence-corrected chi connectivity index (χ1v) is 5.63. The molecule has 0 unspecified atom stereocenters. The van der Waals surface area contributed by atoms with Gasteiger partial charge in [-0.3, -0.25) is 0 Å². The van der Waals surface area contributed by atoms with Crippen molar-refractivity contribution in [1.82, 2.24) is 14.5 Å². The Morgan fingerprint density at radius 2 is 2.27 bits per heavy atom. The van der Waals surface area contributed by atoms with Crippen molar-refractivity contribution in [2.45, 2.75) is 26.3 Å². The maximum Gasteiger partial charge on any atom is 0.202 e. The van der Waals surface area contributed by atoms with E-state index in [1.54, 1.807) is 0 Å². The maximum atomic E-state index is 4.30. The van der Waals surface area contributed by atoms with E-state index in [4.69, 9.17) is 0 Å². The molecule has 0 aliphatic carbocycles. The van der Waals surface area contributed by atoms with E-state index in [-0.39, 0.29) is 0 Å². The molecule has 0 spiro atoms. The lowest BCUT2D eigenvalue weighted by molar-refractivity contribution is 0.424. The first-order valence-electron chi connectivity index (χ1n) is 5.63. The average molecular weight is 210 g/mol. The highest BCUT2D eigenvalue weighted by Gasteiger charge is 2.00. The number of rotatable bonds is 7. The summed E-state index contributed by atoms with van der Waals surface area (Å²) in [6, 6.07) is 0. The molecule has 0 aromatic carbocycles. The van der Waals surface area contributed by atoms with Gasteiger partial charge in [-0.15, -0.1) is 0 Å². The van der Waals surface area contributed by atoms with Crippen LogP contribution in [0.2, 0.25) is 0 Å². The van der Waals surface area contributed by atoms with Crippen LogP contribution in [-0.2, 0) is 6.54 Å². The quantitative estimate of drug-likeness (QED) is 0.743. The molecule has 0 aliphatic rings. The van der Waals surface area contributed by atoms with Gasteiger partial charge < -0.3 is 14.8 Å². The number of unbranched alkanes of at least 4 members (excludes halogenated alkanes) is 1. The van der Waals surface area contributed by atoms with E-state index in [0.717, 1.165) is 25.6 Å². The topological polar surface area (TPSA) is 33.1 Å². The number of aryl methyl sites for hydroxylation is 1. The Balaban J connectivity index is 2.35. The molecule has 0 radical (unpaired) electrons. The lowest BCUT2D eigenvalue weighted by Crippen LogP contribution is -2.22. The summed E-state index contributed by atoms with van der Waals surface area (Å²) in [5.41, 5.74) is 0. The number of aromatic nitrogens is 2. The summed E-state index contributed by atoms with van der Waals surface area (Å²) in [5.74, 6) is 0.991. The number of imidazole rings is 1. The smallest absolute Gasteiger partial charge is 0.202 e. The van der Waals surface area contributed by atoms with Crippen LogP contribution >= 0.6 is 0 Å². The van der Waals surface area contributed by atoms with E-state index in [9.17, 15) is 0 Å². The Morgan fingerprint density at radius 1 is 1.47 bits per heavy atom. The predicted octanol–water partition coefficient (Wildman–Crippen LogP) is 1.66. The van der Waals surface area contributed by atoms with E-state index in [1.807, 2.05) is 12.4 Å². The molecule has 4 heteroatoms. The lowest BCUT2D eigenvalue weighted by Gasteiger charge is -2.12. The van der Waals surface area contributed by atoms with Gasteiger partial charge in [0.25, 0.3) is 0 Å². The summed E-state index contributed by atoms with van der Waals surface area (Å²) in [5, 5.41) is 3.34. The van der Waals surface area contributed by atoms with Crippen molar-refractivity contribution in [3.63, 3.8) is 0 Å². The van der Waals surface area contributed by atoms with E-state index in [0.29, 0.717) is 0 Å². The van der Waals surface area contributed by atoms with Gasteiger partial charge in [0.15, 0.2) is 0 Å². The van der Waals surface area contributed by atoms with Gasteiger partial charge in [-0.1, -0.05) is 13.3 Å². The Morgan fingerprint density at radius 3 is 2.93 bits per heavy atom. The Bertz CT molecular complexity index is 267. The summed E-state index contributed by atoms with van der Waals surface area (Å²) in [6.07, 6.45) is 6.31. The number of nitrogens with zero attached hydrogens (tertiary/aromatic N) is 3. The fourth-order valence-corrected chi connectivity index (χ4v) is 1.38. The zero-order valence-electron chi connectivity index (χ0n) is 10.0. The fourth-order valence-electron chi connectivity index (χ4n) is 1.38. The van der Waals surface area contributed by atoms with Crippen molar-refractivity contribution in [2.24, 2.45) is 0 Å². The average Bonchev–Trinajstić information content (AvgIpc) is 2.62. The zero-order chi connectivity index (χ0) is 11.1. The second-order valence-corrected chi connectivity index (χ2v) is 4.03. The predicted molar refractivity (Wildman–Crippen MR) is 64.2 cm³/mol. The van der Waals surface area contributed by atoms with E-state index in [2.05, 4.69) is 40.8 Å². The van der Waals surface area contributed by atoms with Crippen LogP contribution in [0, 0.1) is 0 Å². The molecule has 0 amide bonds. The largest absolute Gasteiger partial charge is 0.354 e. The summed E-state index contributed by atoms with van der Waals surface area (Å²) >= 11 is 0. The SMILES string of the molecule is CCCCn1ccnc1NCCN(C)C. The van der Waals surface area contributed by atoms with Gasteiger partial charge in [0.1, 0.15) is 0 Å². The van der Waals surface area contributed by atoms with Crippen molar-refractivity contribution in [3.8, 4) is 0 Å². The summed E-state index contributed by atoms with van der Waals surface area (Å²) in [7, 11) is 4.15. The monoisotopic (exact) mass is 210 g/mol. The molecule has 4 nitrogen and oxygen atoms in total. The molecular weight excluding hydrogens is 188 g/mol. The van der Waals surface area contributed by atoms with Crippen LogP contribution in [0.1, 0.15) is 19.8 Å². The molecule has 1 aromatic heterocycles. The molecule has 1 rings (SSSR count). The first-order chi connectivity index (χ1) is 7.24. The van der Waals surface area contributed by atoms with E-state index >= 15 is 0 Å². The molecule has 0 saturated heterocycles. The minimum absolute atomic E-state index is 0.941. The Labute approximate surface area is 92.3 Å². The lowest BCUT2D eigenvalue weighted by atomic mass is 10.3. The van der Waals surface area contributed by atoms with E-state index < -0.39 is 0 Å². The summed E-state index contributed by atoms with van der Waals surface area (Å²) < 4.78 is 2.18. The third-order valence-electron chi connectivity index (χ3n) is 2.31. The molecular formula is C11H22N4. The molecule has 0 saturated carbocycles. The van der Waals surface area contributed by atoms with Gasteiger partial charge in [-0.2, -0.15) is 0 Å². The first kappa shape index (κ1) is 12.0. The second-order valence-electron chi connectivity index (χ2n) is 4.03. The van der Waals surface area contributed by atoms with Crippen molar-refractivity contribution >= 4 is 5.95 Å². The van der Waals surface area contributed by atoms with Crippen LogP contribution in [0.25, 0.3) is 0 Å². The minimum atomic E-state index is 0.941. The van der Waals surface area contributed by atoms with Crippen LogP contribution < -0.4 is 5.32 Å². The van der Waals surface area contributed by atoms with Gasteiger partial charge in [-0.25, -0.2) is 4.98 Å². The van der Waals surface area contributed by atoms with Crippen LogP contribution in [0.15, 0.2) is 12.4 Å². The van der Waals surface area contributed by atoms with Crippen molar-refractivity contribution in [2.75, 3.05) is 32.5 Å². The zero-order valence-corrected chi connectivity index (χ0v) is 10.0. The number of nitrogens with one attached hydrogen (secondary N) is 1. The van der Waals surface area contributed by atoms with Crippen LogP contribution in [0.4, 0.5) is 5.95 Å². The number of likely N-dealkylation sites (N-methyl/N-ethyl adjacent to an activating group) is 1. The summed E-state index contributed by atoms with van der Waals surface area (Å²) in [4.78, 5) is 6.46. The van der Waals surface area contributed by atoms with Gasteiger partial charge in [0.05, 0.1) is 0 Å². The van der Waals surface area contributed by atoms with Gasteiger partial charge >= 0.3 is 0 Å². The van der Waals surface area contributed by atoms with Gasteiger partial charge in [-0.05, 0) is 20.5 Å². The molecule has 1 aromatic rings. The van der Waals surface area contributed by atoms with E-state index in [1.165, 1.54) is 12.8 Å². The van der Waals surface area contributed by atoms with Gasteiger partial charge in [0.2, 0.25) is 5.95 Å². The molecule has 86 valence electrons. The normalized spacial score (nSPS) is 10.9. The standard InChI is InChI=1S/C11H22N4/c1-4-5-8-15-10-7-13-11(15)12-6-9-14(2)3/h7,10H,4-6,8-9H2,1-3H3,(H,12,13). The molecule has 15 heavy (non-hydrogen) atoms. The summed E-state index contributed by atoms with van der Waals surface area (Å²) in [6.45, 7) is 5.23. The Hall–Kier alpha value is -1.03. The van der Waals surface area contributed by atoms with Gasteiger partial charge in [0, 0.05) is 32.0 Å². The second kappa shape index (κ2) is 6.45. The third kappa shape index (κ3) is 4.34. The highest BCUT2D eigenvalue weighted by molar-refractivity contribution is 5.25. The van der Waals surface area contributed by atoms with Crippen molar-refractivity contribution in [3.05, 3.63) is 12.4 Å². The highest BCUT2D eigenvalue weighted by Crippen LogP contribution is 2.05. The third-order valence-corrected chi connectivity index (χ3v) is 2.31.